The van der Waals surface area contributed by atoms with Crippen molar-refractivity contribution in [2.24, 2.45) is 0 Å². The van der Waals surface area contributed by atoms with Crippen LogP contribution in [0.2, 0.25) is 0 Å². The van der Waals surface area contributed by atoms with Gasteiger partial charge in [-0.1, -0.05) is 90.9 Å². The molecule has 33 heavy (non-hydrogen) atoms. The Balaban J connectivity index is 1.77. The fraction of sp³-hybridized carbons (Fsp3) is 1.00. The van der Waals surface area contributed by atoms with Crippen LogP contribution < -0.4 is 9.96 Å². The molecule has 0 radical (unpaired) electrons. The molecule has 0 aromatic carbocycles. The quantitative estimate of drug-likeness (QED) is 0.349. The smallest absolute Gasteiger partial charge is 0.301 e. The van der Waals surface area contributed by atoms with E-state index in [0.717, 1.165) is 37.3 Å². The summed E-state index contributed by atoms with van der Waals surface area (Å²) in [5, 5.41) is 0. The van der Waals surface area contributed by atoms with E-state index < -0.39 is 8.72 Å². The van der Waals surface area contributed by atoms with Crippen LogP contribution in [0.4, 0.5) is 0 Å². The Morgan fingerprint density at radius 3 is 0.909 bits per heavy atom. The highest BCUT2D eigenvalue weighted by molar-refractivity contribution is 6.70. The molecule has 4 aliphatic carbocycles. The van der Waals surface area contributed by atoms with E-state index in [4.69, 9.17) is 0 Å². The second-order valence-electron chi connectivity index (χ2n) is 11.7. The predicted molar refractivity (Wildman–Crippen MR) is 144 cm³/mol. The highest BCUT2D eigenvalue weighted by Crippen LogP contribution is 2.39. The van der Waals surface area contributed by atoms with E-state index >= 15 is 0 Å². The molecule has 0 heterocycles. The molecular weight excluding hydrogens is 420 g/mol. The van der Waals surface area contributed by atoms with Gasteiger partial charge in [-0.05, 0) is 64.5 Å². The van der Waals surface area contributed by atoms with Gasteiger partial charge in [0.25, 0.3) is 0 Å². The summed E-state index contributed by atoms with van der Waals surface area (Å²) in [5.74, 6) is 0. The largest absolute Gasteiger partial charge is 0.372 e. The van der Waals surface area contributed by atoms with Gasteiger partial charge >= 0.3 is 8.72 Å². The van der Waals surface area contributed by atoms with Gasteiger partial charge in [0.1, 0.15) is 0 Å². The van der Waals surface area contributed by atoms with E-state index in [2.05, 4.69) is 32.9 Å². The fourth-order valence-corrected chi connectivity index (χ4v) is 13.4. The van der Waals surface area contributed by atoms with Crippen LogP contribution in [0.1, 0.15) is 142 Å². The molecule has 0 amide bonds. The first kappa shape index (κ1) is 26.1. The van der Waals surface area contributed by atoms with Gasteiger partial charge in [0.05, 0.1) is 0 Å². The van der Waals surface area contributed by atoms with Crippen molar-refractivity contribution in [1.82, 2.24) is 19.1 Å². The standard InChI is InChI=1S/C28H56N4Si/c1-3-29-33(30-4-2,31(25-17-9-5-10-18-25)26-19-11-6-12-20-26)32(27-21-13-7-14-22-27)28-23-15-8-16-24-28/h25-30H,3-24H2,1-2H3. The van der Waals surface area contributed by atoms with E-state index in [1.807, 2.05) is 0 Å². The van der Waals surface area contributed by atoms with Gasteiger partial charge in [0.15, 0.2) is 0 Å². The molecule has 0 atom stereocenters. The predicted octanol–water partition coefficient (Wildman–Crippen LogP) is 6.58. The van der Waals surface area contributed by atoms with Crippen LogP contribution in [0.15, 0.2) is 0 Å². The number of nitrogens with zero attached hydrogens (tertiary/aromatic N) is 2. The molecule has 0 aromatic heterocycles. The highest BCUT2D eigenvalue weighted by Gasteiger charge is 2.55. The Kier molecular flexibility index (Phi) is 10.6. The topological polar surface area (TPSA) is 30.5 Å². The highest BCUT2D eigenvalue weighted by atomic mass is 28.4. The van der Waals surface area contributed by atoms with Crippen molar-refractivity contribution in [3.05, 3.63) is 0 Å². The van der Waals surface area contributed by atoms with Crippen molar-refractivity contribution in [1.29, 1.82) is 0 Å². The zero-order valence-electron chi connectivity index (χ0n) is 22.3. The molecule has 4 fully saturated rings. The summed E-state index contributed by atoms with van der Waals surface area (Å²) in [6, 6.07) is 3.17. The summed E-state index contributed by atoms with van der Waals surface area (Å²) in [6.07, 6.45) is 28.9. The number of nitrogens with one attached hydrogen (secondary N) is 2. The zero-order chi connectivity index (χ0) is 22.9. The average Bonchev–Trinajstić information content (AvgIpc) is 2.87. The Morgan fingerprint density at radius 1 is 0.455 bits per heavy atom. The van der Waals surface area contributed by atoms with Gasteiger partial charge < -0.3 is 9.96 Å². The number of rotatable bonds is 10. The summed E-state index contributed by atoms with van der Waals surface area (Å²) >= 11 is 0. The average molecular weight is 477 g/mol. The summed E-state index contributed by atoms with van der Waals surface area (Å²) in [6.45, 7) is 6.98. The lowest BCUT2D eigenvalue weighted by molar-refractivity contribution is 0.0853. The monoisotopic (exact) mass is 476 g/mol. The molecule has 5 heteroatoms. The van der Waals surface area contributed by atoms with E-state index in [1.54, 1.807) is 0 Å². The second kappa shape index (κ2) is 13.4. The van der Waals surface area contributed by atoms with Crippen molar-refractivity contribution in [2.45, 2.75) is 166 Å². The molecule has 0 aliphatic heterocycles. The normalized spacial score (nSPS) is 25.8. The number of hydrogen-bond acceptors (Lipinski definition) is 4. The van der Waals surface area contributed by atoms with Crippen LogP contribution in [0.3, 0.4) is 0 Å². The van der Waals surface area contributed by atoms with Crippen molar-refractivity contribution in [3.63, 3.8) is 0 Å². The molecule has 4 nitrogen and oxygen atoms in total. The molecule has 4 aliphatic rings. The van der Waals surface area contributed by atoms with Gasteiger partial charge in [-0.2, -0.15) is 0 Å². The van der Waals surface area contributed by atoms with Gasteiger partial charge in [-0.3, -0.25) is 9.13 Å². The Bertz CT molecular complexity index is 450. The summed E-state index contributed by atoms with van der Waals surface area (Å²) < 4.78 is 6.48. The number of hydrogen-bond donors (Lipinski definition) is 2. The first-order valence-corrected chi connectivity index (χ1v) is 17.3. The van der Waals surface area contributed by atoms with Gasteiger partial charge in [0.2, 0.25) is 0 Å². The van der Waals surface area contributed by atoms with E-state index in [-0.39, 0.29) is 0 Å². The minimum atomic E-state index is -2.24. The summed E-state index contributed by atoms with van der Waals surface area (Å²) in [5.41, 5.74) is 0. The third-order valence-electron chi connectivity index (χ3n) is 9.47. The first-order chi connectivity index (χ1) is 16.3. The third-order valence-corrected chi connectivity index (χ3v) is 14.1. The maximum absolute atomic E-state index is 4.37. The molecular formula is C28H56N4Si. The summed E-state index contributed by atoms with van der Waals surface area (Å²) in [7, 11) is -2.24. The minimum Gasteiger partial charge on any atom is -0.301 e. The van der Waals surface area contributed by atoms with Crippen LogP contribution in [-0.4, -0.2) is 55.1 Å². The van der Waals surface area contributed by atoms with E-state index in [0.29, 0.717) is 0 Å². The van der Waals surface area contributed by atoms with Crippen molar-refractivity contribution in [2.75, 3.05) is 13.1 Å². The van der Waals surface area contributed by atoms with Crippen LogP contribution >= 0.6 is 0 Å². The van der Waals surface area contributed by atoms with Crippen LogP contribution in [0.25, 0.3) is 0 Å². The molecule has 0 spiro atoms. The first-order valence-electron chi connectivity index (χ1n) is 15.4. The molecule has 0 unspecified atom stereocenters. The van der Waals surface area contributed by atoms with Crippen molar-refractivity contribution >= 4 is 8.72 Å². The Morgan fingerprint density at radius 2 is 0.697 bits per heavy atom. The van der Waals surface area contributed by atoms with Gasteiger partial charge in [0, 0.05) is 24.2 Å². The molecule has 192 valence electrons. The zero-order valence-corrected chi connectivity index (χ0v) is 23.3. The van der Waals surface area contributed by atoms with E-state index in [9.17, 15) is 0 Å². The molecule has 0 bridgehead atoms. The molecule has 0 saturated heterocycles. The molecule has 0 aromatic rings. The lowest BCUT2D eigenvalue weighted by Gasteiger charge is -2.59. The van der Waals surface area contributed by atoms with Crippen LogP contribution in [0.5, 0.6) is 0 Å². The van der Waals surface area contributed by atoms with E-state index in [1.165, 1.54) is 128 Å². The van der Waals surface area contributed by atoms with Crippen molar-refractivity contribution in [3.8, 4) is 0 Å². The van der Waals surface area contributed by atoms with Gasteiger partial charge in [-0.25, -0.2) is 0 Å². The maximum Gasteiger partial charge on any atom is 0.372 e. The Labute approximate surface area is 207 Å². The fourth-order valence-electron chi connectivity index (χ4n) is 8.14. The lowest BCUT2D eigenvalue weighted by atomic mass is 9.90. The SMILES string of the molecule is CCN[Si](NCC)(N(C1CCCCC1)C1CCCCC1)N(C1CCCCC1)C1CCCCC1. The molecule has 4 rings (SSSR count). The van der Waals surface area contributed by atoms with Gasteiger partial charge in [-0.15, -0.1) is 0 Å². The second-order valence-corrected chi connectivity index (χ2v) is 14.8. The summed E-state index contributed by atoms with van der Waals surface area (Å²) in [4.78, 5) is 8.73. The molecule has 4 saturated carbocycles. The van der Waals surface area contributed by atoms with Crippen molar-refractivity contribution < 1.29 is 0 Å². The Hall–Kier alpha value is 0.0569. The lowest BCUT2D eigenvalue weighted by Crippen LogP contribution is -2.87. The molecule has 2 N–H and O–H groups in total. The van der Waals surface area contributed by atoms with Crippen LogP contribution in [-0.2, 0) is 0 Å². The maximum atomic E-state index is 4.37. The third kappa shape index (κ3) is 6.25. The van der Waals surface area contributed by atoms with Crippen LogP contribution in [0, 0.1) is 0 Å². The minimum absolute atomic E-state index is 0.793.